The number of nitrogens with zero attached hydrogens (tertiary/aromatic N) is 2. The van der Waals surface area contributed by atoms with Crippen molar-refractivity contribution in [3.05, 3.63) is 215 Å². The number of methoxy groups -OCH3 is 5. The van der Waals surface area contributed by atoms with E-state index >= 15 is 0 Å². The summed E-state index contributed by atoms with van der Waals surface area (Å²) in [4.78, 5) is 20.4. The van der Waals surface area contributed by atoms with Gasteiger partial charge in [-0.1, -0.05) is 323 Å². The maximum absolute atomic E-state index is 11.6. The third kappa shape index (κ3) is 40.1. The summed E-state index contributed by atoms with van der Waals surface area (Å²) in [5, 5.41) is 2.87. The van der Waals surface area contributed by atoms with Crippen molar-refractivity contribution in [2.75, 3.05) is 85.8 Å². The molecule has 20 nitrogen and oxygen atoms in total. The molecule has 1 amide bonds. The van der Waals surface area contributed by atoms with Gasteiger partial charge in [-0.3, -0.25) is 28.2 Å². The Bertz CT molecular complexity index is 5840. The molecule has 790 valence electrons. The molecule has 9 rings (SSSR count). The first kappa shape index (κ1) is 128. The highest BCUT2D eigenvalue weighted by molar-refractivity contribution is 7.92. The molecule has 24 heteroatoms. The number of nitrogens with two attached hydrogens (primary N) is 1. The monoisotopic (exact) mass is 2020 g/mol. The fourth-order valence-electron chi connectivity index (χ4n) is 15.4. The molecule has 1 atom stereocenters. The van der Waals surface area contributed by atoms with Crippen LogP contribution in [-0.4, -0.2) is 101 Å². The number of rotatable bonds is 22. The Labute approximate surface area is 859 Å². The Kier molecular flexibility index (Phi) is 46.8. The quantitative estimate of drug-likeness (QED) is 0.0312. The largest absolute Gasteiger partial charge is 0.507 e. The zero-order valence-corrected chi connectivity index (χ0v) is 99.5. The number of pyridine rings is 1. The Balaban J connectivity index is 0.000000546. The predicted octanol–water partition coefficient (Wildman–Crippen LogP) is 30.6. The van der Waals surface area contributed by atoms with E-state index in [2.05, 4.69) is 354 Å². The normalized spacial score (nSPS) is 13.1. The summed E-state index contributed by atoms with van der Waals surface area (Å²) >= 11 is 0. The third-order valence-electron chi connectivity index (χ3n) is 24.6. The van der Waals surface area contributed by atoms with Crippen molar-refractivity contribution in [1.82, 2.24) is 4.98 Å². The average Bonchev–Trinajstić information content (AvgIpc) is 1.61. The van der Waals surface area contributed by atoms with Crippen LogP contribution in [0.1, 0.15) is 430 Å². The van der Waals surface area contributed by atoms with Gasteiger partial charge in [-0.05, 0) is 249 Å². The van der Waals surface area contributed by atoms with Gasteiger partial charge in [0, 0.05) is 30.0 Å². The molecule has 0 radical (unpaired) electrons. The van der Waals surface area contributed by atoms with E-state index in [9.17, 15) is 34.3 Å². The second-order valence-corrected chi connectivity index (χ2v) is 54.1. The molecule has 0 bridgehead atoms. The lowest BCUT2D eigenvalue weighted by atomic mass is 9.83. The molecule has 0 spiro atoms. The van der Waals surface area contributed by atoms with E-state index in [-0.39, 0.29) is 61.1 Å². The average molecular weight is 2030 g/mol. The minimum Gasteiger partial charge on any atom is -0.507 e. The number of nitrogen functional groups attached to an aromatic ring is 1. The molecule has 0 aliphatic heterocycles. The first-order valence-electron chi connectivity index (χ1n) is 49.4. The number of aryl methyl sites for hydroxylation is 1. The second-order valence-electron chi connectivity index (χ2n) is 47.6. The van der Waals surface area contributed by atoms with Gasteiger partial charge in [0.2, 0.25) is 41.7 Å². The third-order valence-corrected chi connectivity index (χ3v) is 27.3. The summed E-state index contributed by atoms with van der Waals surface area (Å²) in [5.41, 5.74) is 31.7. The molecular formula is C117H185N7O13S4. The number of sulfonamides is 3. The minimum absolute atomic E-state index is 0.00866. The smallest absolute Gasteiger partial charge is 0.229 e. The number of nitrogens with one attached hydrogen (secondary N) is 4. The van der Waals surface area contributed by atoms with Gasteiger partial charge in [-0.25, -0.2) is 30.1 Å². The van der Waals surface area contributed by atoms with Crippen LogP contribution in [0.2, 0.25) is 0 Å². The highest BCUT2D eigenvalue weighted by Crippen LogP contribution is 2.52. The molecular weight excluding hydrogens is 1840 g/mol. The molecule has 7 aromatic carbocycles. The summed E-state index contributed by atoms with van der Waals surface area (Å²) in [5.74, 6) is 6.41. The minimum atomic E-state index is -3.34. The molecule has 1 aliphatic rings. The van der Waals surface area contributed by atoms with Gasteiger partial charge >= 0.3 is 0 Å². The van der Waals surface area contributed by atoms with Crippen LogP contribution in [-0.2, 0) is 89.0 Å². The van der Waals surface area contributed by atoms with Crippen molar-refractivity contribution in [2.24, 2.45) is 0 Å². The van der Waals surface area contributed by atoms with Gasteiger partial charge in [0.15, 0.2) is 0 Å². The van der Waals surface area contributed by atoms with Crippen LogP contribution >= 0.6 is 0 Å². The van der Waals surface area contributed by atoms with Crippen molar-refractivity contribution < 1.29 is 57.9 Å². The van der Waals surface area contributed by atoms with Crippen molar-refractivity contribution in [1.29, 1.82) is 0 Å². The zero-order chi connectivity index (χ0) is 110. The molecule has 8 aromatic rings. The summed E-state index contributed by atoms with van der Waals surface area (Å²) in [6.45, 7) is 94.7. The predicted molar refractivity (Wildman–Crippen MR) is 604 cm³/mol. The molecule has 1 heterocycles. The molecule has 0 saturated heterocycles. The maximum atomic E-state index is 11.6. The Morgan fingerprint density at radius 2 is 0.674 bits per heavy atom. The molecule has 1 unspecified atom stereocenters. The van der Waals surface area contributed by atoms with Crippen LogP contribution < -0.4 is 48.9 Å². The lowest BCUT2D eigenvalue weighted by Crippen LogP contribution is -2.16. The van der Waals surface area contributed by atoms with Crippen LogP contribution in [0.5, 0.6) is 28.7 Å². The van der Waals surface area contributed by atoms with Gasteiger partial charge < -0.3 is 34.7 Å². The summed E-state index contributed by atoms with van der Waals surface area (Å²) in [7, 11) is -2.73. The Hall–Kier alpha value is -9.15. The van der Waals surface area contributed by atoms with Crippen molar-refractivity contribution in [3.8, 4) is 28.7 Å². The fraction of sp³-hybridized carbons (Fsp3) is 0.581. The molecule has 1 aliphatic carbocycles. The van der Waals surface area contributed by atoms with Crippen molar-refractivity contribution in [2.45, 2.75) is 392 Å². The van der Waals surface area contributed by atoms with Gasteiger partial charge in [-0.15, -0.1) is 0 Å². The summed E-state index contributed by atoms with van der Waals surface area (Å²) in [6, 6.07) is 33.3. The van der Waals surface area contributed by atoms with E-state index < -0.39 is 40.9 Å². The van der Waals surface area contributed by atoms with E-state index in [0.717, 1.165) is 104 Å². The van der Waals surface area contributed by atoms with Gasteiger partial charge in [0.05, 0.1) is 100 Å². The van der Waals surface area contributed by atoms with Crippen LogP contribution in [0.25, 0.3) is 4.85 Å². The number of hydrogen-bond donors (Lipinski definition) is 5. The van der Waals surface area contributed by atoms with Gasteiger partial charge in [0.25, 0.3) is 0 Å². The van der Waals surface area contributed by atoms with Crippen LogP contribution in [0, 0.1) is 20.4 Å². The number of hydrogen-bond acceptors (Lipinski definition) is 15. The lowest BCUT2D eigenvalue weighted by Gasteiger charge is -2.24. The molecule has 141 heavy (non-hydrogen) atoms. The first-order valence-corrected chi connectivity index (χ1v) is 56.6. The number of carbonyl (C=O) groups excluding carboxylic acids is 1. The Morgan fingerprint density at radius 3 is 0.993 bits per heavy atom. The van der Waals surface area contributed by atoms with Gasteiger partial charge in [0.1, 0.15) is 28.7 Å². The van der Waals surface area contributed by atoms with Crippen LogP contribution in [0.15, 0.2) is 108 Å². The highest BCUT2D eigenvalue weighted by Gasteiger charge is 2.40. The molecule has 1 aromatic heterocycles. The standard InChI is InChI=1S/C16H25NO2.C15H23NO3S.C15H25NO3S.C15H25NO2S.C15H21NO.C14H23NO.C14H22OS.C13H21N/c1-10(2)13-8-12(16(4,5)6)9-14(15(13)19-7)17-11(3)18;1-10(2)12-8-11(15(3)6-7-15)9-13(14(12)19-4)16-20(5,17)18;1-10(2)12-8-11(15(3,4)5)9-13(14(12)19-6)16-20(7,17)18;1-10(2)13-8-12(15(4,5)6)9-14(11(13)3)16-19(7,17)18;1-10(2)12-8-11(15(3,4)5)9-13(16-6)14(12)17-7;1-9(2)11-7-10(14(3,4)5)8-12(15)13(11)16-6;1-10(2)12-9-11(14(3,4)5)7-8-13(12)16(6)15;1-9(2)12-7-11(13(4,5)6)8-14-10(12)3/h8-10H,1-7H3,(H,17,18);8-10,16H,6-7H2,1-5H3;8-10,16H,1-7H3;8-10,16H,1-7H3;8-10H,1-5,7H3;7-9H,15H2,1-6H3;7-10H,1-6H3;7-9H,1-6H3. The number of anilines is 5. The summed E-state index contributed by atoms with van der Waals surface area (Å²) in [6.07, 6.45) is 9.53. The second kappa shape index (κ2) is 51.6. The van der Waals surface area contributed by atoms with E-state index in [0.29, 0.717) is 69.8 Å². The number of benzene rings is 7. The fourth-order valence-corrected chi connectivity index (χ4v) is 18.0. The lowest BCUT2D eigenvalue weighted by molar-refractivity contribution is -0.114. The van der Waals surface area contributed by atoms with E-state index in [1.165, 1.54) is 68.8 Å². The Morgan fingerprint density at radius 1 is 0.390 bits per heavy atom. The summed E-state index contributed by atoms with van der Waals surface area (Å²) < 4.78 is 116. The first-order chi connectivity index (χ1) is 63.8. The van der Waals surface area contributed by atoms with E-state index in [4.69, 9.17) is 36.0 Å². The zero-order valence-electron chi connectivity index (χ0n) is 96.3. The molecule has 1 saturated carbocycles. The molecule has 1 fully saturated rings. The van der Waals surface area contributed by atoms with Crippen molar-refractivity contribution in [3.63, 3.8) is 0 Å². The number of amides is 1. The van der Waals surface area contributed by atoms with E-state index in [1.54, 1.807) is 41.8 Å². The number of carbonyl (C=O) groups is 1. The maximum Gasteiger partial charge on any atom is 0.229 e. The topological polar surface area (TPSA) is 274 Å². The number of aromatic nitrogens is 1. The SMILES string of the molecule is CC(C)c1cc(C(C)(C)C)ccc1S(C)=O.COc1c(N)cc(C(C)(C)C)cc1C(C)C.COc1c(NC(C)=O)cc(C(C)(C)C)cc1C(C)C.COc1c(NS(C)(=O)=O)cc(C(C)(C)C)cc1C(C)C.COc1c(NS(C)(=O)=O)cc(C2(C)CC2)cc1C(C)C.Cc1c(NS(C)(=O)=O)cc(C(C)(C)C)cc1C(C)C.Cc1ncc(C(C)(C)C)cc1C(C)C.[C-]#[N+]c1cc(C(C)(C)C)cc(C(C)C)c1OC. The van der Waals surface area contributed by atoms with E-state index in [1.807, 2.05) is 55.6 Å². The number of ether oxygens (including phenoxy) is 5. The molecule has 6 N–H and O–H groups in total. The van der Waals surface area contributed by atoms with Crippen LogP contribution in [0.4, 0.5) is 34.1 Å². The van der Waals surface area contributed by atoms with Gasteiger partial charge in [-0.2, -0.15) is 0 Å². The van der Waals surface area contributed by atoms with Crippen LogP contribution in [0.3, 0.4) is 0 Å². The van der Waals surface area contributed by atoms with Crippen molar-refractivity contribution >= 4 is 80.9 Å². The highest BCUT2D eigenvalue weighted by atomic mass is 32.2.